The predicted molar refractivity (Wildman–Crippen MR) is 128 cm³/mol. The van der Waals surface area contributed by atoms with E-state index in [1.165, 1.54) is 23.8 Å². The largest absolute Gasteiger partial charge is 0.488 e. The number of benzene rings is 2. The van der Waals surface area contributed by atoms with Crippen LogP contribution in [0.1, 0.15) is 63.0 Å². The first-order valence-corrected chi connectivity index (χ1v) is 11.9. The van der Waals surface area contributed by atoms with Gasteiger partial charge >= 0.3 is 0 Å². The number of halogens is 2. The van der Waals surface area contributed by atoms with E-state index in [9.17, 15) is 13.9 Å². The predicted octanol–water partition coefficient (Wildman–Crippen LogP) is 6.42. The minimum absolute atomic E-state index is 0.0211. The first kappa shape index (κ1) is 22.8. The van der Waals surface area contributed by atoms with Gasteiger partial charge in [-0.3, -0.25) is 0 Å². The molecular formula is C28H30F2N2O2. The highest BCUT2D eigenvalue weighted by Gasteiger charge is 2.46. The molecule has 6 heteroatoms. The average molecular weight is 465 g/mol. The highest BCUT2D eigenvalue weighted by atomic mass is 19.1. The van der Waals surface area contributed by atoms with E-state index in [1.54, 1.807) is 24.3 Å². The van der Waals surface area contributed by atoms with Crippen LogP contribution < -0.4 is 4.74 Å². The zero-order chi connectivity index (χ0) is 24.0. The summed E-state index contributed by atoms with van der Waals surface area (Å²) < 4.78 is 35.2. The van der Waals surface area contributed by atoms with Gasteiger partial charge in [-0.25, -0.2) is 13.5 Å². The van der Waals surface area contributed by atoms with E-state index < -0.39 is 11.9 Å². The third-order valence-electron chi connectivity index (χ3n) is 7.38. The SMILES string of the molecule is CC(C)Oc1cc([C@H](O)[C@H]2CCCC3=Cc4c(cnn4-c4ccc(F)cc4)C[C@@]32C)ccc1F. The number of hydrogen-bond acceptors (Lipinski definition) is 3. The van der Waals surface area contributed by atoms with Crippen molar-refractivity contribution in [2.24, 2.45) is 11.3 Å². The van der Waals surface area contributed by atoms with Crippen LogP contribution in [0.4, 0.5) is 8.78 Å². The topological polar surface area (TPSA) is 47.3 Å². The molecule has 1 heterocycles. The number of ether oxygens (including phenoxy) is 1. The summed E-state index contributed by atoms with van der Waals surface area (Å²) in [6.07, 6.45) is 6.75. The second-order valence-corrected chi connectivity index (χ2v) is 10.0. The van der Waals surface area contributed by atoms with E-state index in [2.05, 4.69) is 18.1 Å². The second-order valence-electron chi connectivity index (χ2n) is 10.0. The highest BCUT2D eigenvalue weighted by Crippen LogP contribution is 2.55. The van der Waals surface area contributed by atoms with Gasteiger partial charge in [0, 0.05) is 0 Å². The van der Waals surface area contributed by atoms with Crippen LogP contribution >= 0.6 is 0 Å². The van der Waals surface area contributed by atoms with Gasteiger partial charge in [0.25, 0.3) is 0 Å². The molecule has 34 heavy (non-hydrogen) atoms. The van der Waals surface area contributed by atoms with E-state index in [4.69, 9.17) is 4.74 Å². The lowest BCUT2D eigenvalue weighted by atomic mass is 9.57. The van der Waals surface area contributed by atoms with E-state index in [0.717, 1.165) is 42.6 Å². The van der Waals surface area contributed by atoms with Gasteiger partial charge in [0.15, 0.2) is 11.6 Å². The Morgan fingerprint density at radius 1 is 1.15 bits per heavy atom. The number of aromatic nitrogens is 2. The Labute approximate surface area is 198 Å². The fourth-order valence-electron chi connectivity index (χ4n) is 5.65. The maximum Gasteiger partial charge on any atom is 0.165 e. The maximum absolute atomic E-state index is 14.3. The summed E-state index contributed by atoms with van der Waals surface area (Å²) in [6, 6.07) is 11.0. The summed E-state index contributed by atoms with van der Waals surface area (Å²) in [5.74, 6) is -0.542. The zero-order valence-corrected chi connectivity index (χ0v) is 19.8. The molecular weight excluding hydrogens is 434 g/mol. The van der Waals surface area contributed by atoms with Crippen LogP contribution in [0, 0.1) is 23.0 Å². The van der Waals surface area contributed by atoms with Crippen LogP contribution in [-0.2, 0) is 6.42 Å². The lowest BCUT2D eigenvalue weighted by molar-refractivity contribution is 0.0214. The molecule has 5 rings (SSSR count). The summed E-state index contributed by atoms with van der Waals surface area (Å²) >= 11 is 0. The molecule has 0 amide bonds. The quantitative estimate of drug-likeness (QED) is 0.474. The smallest absolute Gasteiger partial charge is 0.165 e. The van der Waals surface area contributed by atoms with E-state index in [0.29, 0.717) is 5.56 Å². The molecule has 1 N–H and O–H groups in total. The van der Waals surface area contributed by atoms with Gasteiger partial charge in [0.2, 0.25) is 0 Å². The van der Waals surface area contributed by atoms with E-state index in [1.807, 2.05) is 24.7 Å². The molecule has 0 saturated heterocycles. The van der Waals surface area contributed by atoms with E-state index >= 15 is 0 Å². The standard InChI is InChI=1S/C28H30F2N2O2/c1-17(2)34-26-13-18(7-12-24(26)30)27(33)23-6-4-5-20-14-25-19(15-28(20,23)3)16-31-32(25)22-10-8-21(29)9-11-22/h7-14,16-17,23,27,33H,4-6,15H2,1-3H3/t23-,27+,28+/m1/s1. The van der Waals surface area contributed by atoms with E-state index in [-0.39, 0.29) is 29.0 Å². The Hall–Kier alpha value is -2.99. The van der Waals surface area contributed by atoms with Crippen molar-refractivity contribution in [3.05, 3.63) is 82.7 Å². The van der Waals surface area contributed by atoms with Gasteiger partial charge < -0.3 is 9.84 Å². The Kier molecular flexibility index (Phi) is 5.80. The lowest BCUT2D eigenvalue weighted by Crippen LogP contribution is -2.40. The van der Waals surface area contributed by atoms with Crippen LogP contribution in [0.5, 0.6) is 5.75 Å². The Morgan fingerprint density at radius 3 is 2.65 bits per heavy atom. The first-order chi connectivity index (χ1) is 16.3. The number of aliphatic hydroxyl groups is 1. The molecule has 0 bridgehead atoms. The average Bonchev–Trinajstić information content (AvgIpc) is 3.20. The molecule has 178 valence electrons. The van der Waals surface area contributed by atoms with Crippen molar-refractivity contribution < 1.29 is 18.6 Å². The van der Waals surface area contributed by atoms with Gasteiger partial charge in [0.1, 0.15) is 5.82 Å². The fourth-order valence-corrected chi connectivity index (χ4v) is 5.65. The minimum Gasteiger partial charge on any atom is -0.488 e. The number of allylic oxidation sites excluding steroid dienone is 1. The molecule has 2 aliphatic rings. The van der Waals surface area contributed by atoms with Crippen LogP contribution in [0.2, 0.25) is 0 Å². The lowest BCUT2D eigenvalue weighted by Gasteiger charge is -2.47. The Bertz CT molecular complexity index is 1230. The van der Waals surface area contributed by atoms with Crippen LogP contribution in [0.15, 0.2) is 54.2 Å². The fraction of sp³-hybridized carbons (Fsp3) is 0.393. The van der Waals surface area contributed by atoms with Gasteiger partial charge in [-0.1, -0.05) is 18.6 Å². The van der Waals surface area contributed by atoms with Gasteiger partial charge in [-0.2, -0.15) is 5.10 Å². The summed E-state index contributed by atoms with van der Waals surface area (Å²) in [6.45, 7) is 5.93. The molecule has 1 saturated carbocycles. The van der Waals surface area contributed by atoms with Crippen molar-refractivity contribution >= 4 is 6.08 Å². The normalized spacial score (nSPS) is 22.7. The third-order valence-corrected chi connectivity index (χ3v) is 7.38. The maximum atomic E-state index is 14.3. The van der Waals surface area contributed by atoms with Crippen molar-refractivity contribution in [1.29, 1.82) is 0 Å². The van der Waals surface area contributed by atoms with Crippen molar-refractivity contribution in [3.8, 4) is 11.4 Å². The third kappa shape index (κ3) is 3.94. The van der Waals surface area contributed by atoms with Crippen molar-refractivity contribution in [2.45, 2.75) is 58.7 Å². The Balaban J connectivity index is 1.48. The summed E-state index contributed by atoms with van der Waals surface area (Å²) in [7, 11) is 0. The van der Waals surface area contributed by atoms with Crippen LogP contribution in [-0.4, -0.2) is 21.0 Å². The summed E-state index contributed by atoms with van der Waals surface area (Å²) in [5, 5.41) is 16.1. The molecule has 2 aliphatic carbocycles. The van der Waals surface area contributed by atoms with Gasteiger partial charge in [0.05, 0.1) is 29.8 Å². The minimum atomic E-state index is -0.738. The molecule has 3 atom stereocenters. The molecule has 1 fully saturated rings. The number of fused-ring (bicyclic) bond motifs is 2. The number of nitrogens with zero attached hydrogens (tertiary/aromatic N) is 2. The summed E-state index contributed by atoms with van der Waals surface area (Å²) in [5.41, 5.74) is 4.67. The molecule has 0 aliphatic heterocycles. The van der Waals surface area contributed by atoms with Crippen molar-refractivity contribution in [3.63, 3.8) is 0 Å². The number of aliphatic hydroxyl groups excluding tert-OH is 1. The highest BCUT2D eigenvalue weighted by molar-refractivity contribution is 5.61. The van der Waals surface area contributed by atoms with Gasteiger partial charge in [-0.15, -0.1) is 0 Å². The summed E-state index contributed by atoms with van der Waals surface area (Å²) in [4.78, 5) is 0. The van der Waals surface area contributed by atoms with Crippen LogP contribution in [0.25, 0.3) is 11.8 Å². The first-order valence-electron chi connectivity index (χ1n) is 11.9. The zero-order valence-electron chi connectivity index (χ0n) is 19.8. The molecule has 0 unspecified atom stereocenters. The number of hydrogen-bond donors (Lipinski definition) is 1. The number of rotatable bonds is 5. The molecule has 1 aromatic heterocycles. The molecule has 4 nitrogen and oxygen atoms in total. The molecule has 3 aromatic rings. The van der Waals surface area contributed by atoms with Crippen molar-refractivity contribution in [1.82, 2.24) is 9.78 Å². The van der Waals surface area contributed by atoms with Crippen molar-refractivity contribution in [2.75, 3.05) is 0 Å². The monoisotopic (exact) mass is 464 g/mol. The molecule has 2 aromatic carbocycles. The second kappa shape index (κ2) is 8.66. The van der Waals surface area contributed by atoms with Crippen LogP contribution in [0.3, 0.4) is 0 Å². The van der Waals surface area contributed by atoms with Gasteiger partial charge in [-0.05, 0) is 104 Å². The molecule has 0 radical (unpaired) electrons. The Morgan fingerprint density at radius 2 is 1.91 bits per heavy atom. The molecule has 0 spiro atoms.